The van der Waals surface area contributed by atoms with Crippen molar-refractivity contribution in [1.29, 1.82) is 0 Å². The van der Waals surface area contributed by atoms with Crippen LogP contribution >= 0.6 is 0 Å². The topological polar surface area (TPSA) is 106 Å². The number of pyridine rings is 1. The zero-order valence-corrected chi connectivity index (χ0v) is 17.8. The summed E-state index contributed by atoms with van der Waals surface area (Å²) in [6.45, 7) is 4.38. The third-order valence-electron chi connectivity index (χ3n) is 5.34. The maximum atomic E-state index is 11.2. The van der Waals surface area contributed by atoms with Gasteiger partial charge < -0.3 is 20.8 Å². The molecular formula is C24H25N5O2. The largest absolute Gasteiger partial charge is 0.497 e. The van der Waals surface area contributed by atoms with Gasteiger partial charge in [-0.15, -0.1) is 0 Å². The highest BCUT2D eigenvalue weighted by Gasteiger charge is 2.27. The molecule has 2 aromatic heterocycles. The van der Waals surface area contributed by atoms with Crippen molar-refractivity contribution < 1.29 is 9.53 Å². The Hall–Kier alpha value is -3.87. The van der Waals surface area contributed by atoms with Crippen molar-refractivity contribution in [3.63, 3.8) is 0 Å². The van der Waals surface area contributed by atoms with Crippen LogP contribution in [0.2, 0.25) is 0 Å². The number of H-pyrrole nitrogens is 1. The van der Waals surface area contributed by atoms with E-state index in [1.54, 1.807) is 19.5 Å². The van der Waals surface area contributed by atoms with Gasteiger partial charge in [-0.2, -0.15) is 0 Å². The molecule has 0 aliphatic heterocycles. The van der Waals surface area contributed by atoms with Gasteiger partial charge in [-0.1, -0.05) is 32.0 Å². The molecule has 7 heteroatoms. The van der Waals surface area contributed by atoms with Gasteiger partial charge in [0.1, 0.15) is 11.6 Å². The number of carbonyl (C=O) groups excluding carboxylic acids is 1. The quantitative estimate of drug-likeness (QED) is 0.438. The molecule has 158 valence electrons. The van der Waals surface area contributed by atoms with Crippen molar-refractivity contribution in [2.75, 3.05) is 13.7 Å². The van der Waals surface area contributed by atoms with Crippen LogP contribution in [0.5, 0.6) is 5.75 Å². The summed E-state index contributed by atoms with van der Waals surface area (Å²) in [6, 6.07) is 15.6. The van der Waals surface area contributed by atoms with Crippen molar-refractivity contribution in [2.24, 2.45) is 5.73 Å². The Morgan fingerprint density at radius 2 is 1.77 bits per heavy atom. The third kappa shape index (κ3) is 4.21. The molecule has 0 saturated carbocycles. The minimum atomic E-state index is -0.556. The maximum Gasteiger partial charge on any atom is 0.312 e. The van der Waals surface area contributed by atoms with Crippen LogP contribution < -0.4 is 15.8 Å². The van der Waals surface area contributed by atoms with Gasteiger partial charge in [0, 0.05) is 35.5 Å². The Bertz CT molecular complexity index is 1230. The van der Waals surface area contributed by atoms with E-state index in [0.717, 1.165) is 44.9 Å². The van der Waals surface area contributed by atoms with Crippen LogP contribution in [0.25, 0.3) is 33.3 Å². The van der Waals surface area contributed by atoms with Crippen LogP contribution in [0.1, 0.15) is 19.7 Å². The Morgan fingerprint density at radius 1 is 1.06 bits per heavy atom. The second-order valence-electron chi connectivity index (χ2n) is 8.07. The number of nitrogens with zero attached hydrogens (tertiary/aromatic N) is 2. The lowest BCUT2D eigenvalue weighted by Gasteiger charge is -2.21. The lowest BCUT2D eigenvalue weighted by Crippen LogP contribution is -2.40. The molecule has 2 heterocycles. The number of rotatable bonds is 6. The first kappa shape index (κ1) is 20.4. The zero-order chi connectivity index (χ0) is 22.0. The third-order valence-corrected chi connectivity index (χ3v) is 5.34. The lowest BCUT2D eigenvalue weighted by molar-refractivity contribution is 0.246. The maximum absolute atomic E-state index is 11.2. The molecule has 2 amide bonds. The lowest BCUT2D eigenvalue weighted by atomic mass is 9.92. The molecule has 0 saturated heterocycles. The van der Waals surface area contributed by atoms with Gasteiger partial charge in [0.15, 0.2) is 0 Å². The van der Waals surface area contributed by atoms with E-state index in [-0.39, 0.29) is 0 Å². The number of aromatic amines is 1. The van der Waals surface area contributed by atoms with E-state index in [2.05, 4.69) is 33.5 Å². The minimum absolute atomic E-state index is 0.364. The summed E-state index contributed by atoms with van der Waals surface area (Å²) in [5.74, 6) is 1.58. The van der Waals surface area contributed by atoms with Crippen molar-refractivity contribution in [3.8, 4) is 28.3 Å². The first-order valence-corrected chi connectivity index (χ1v) is 10.00. The number of methoxy groups -OCH3 is 1. The van der Waals surface area contributed by atoms with Crippen LogP contribution in [0.4, 0.5) is 4.79 Å². The summed E-state index contributed by atoms with van der Waals surface area (Å²) in [6.07, 6.45) is 3.51. The van der Waals surface area contributed by atoms with Gasteiger partial charge in [0.2, 0.25) is 0 Å². The van der Waals surface area contributed by atoms with E-state index in [9.17, 15) is 4.79 Å². The van der Waals surface area contributed by atoms with Crippen molar-refractivity contribution in [3.05, 3.63) is 66.7 Å². The van der Waals surface area contributed by atoms with Crippen LogP contribution in [0, 0.1) is 0 Å². The Morgan fingerprint density at radius 3 is 2.48 bits per heavy atom. The number of fused-ring (bicyclic) bond motifs is 1. The van der Waals surface area contributed by atoms with Gasteiger partial charge in [0.05, 0.1) is 18.5 Å². The van der Waals surface area contributed by atoms with Crippen LogP contribution in [-0.4, -0.2) is 34.6 Å². The standard InChI is InChI=1S/C24H25N5O2/c1-24(2,14-27-23(25)30)22-28-20(15-8-10-26-11-9-15)21(29-22)18-5-4-17-13-19(31-3)7-6-16(17)12-18/h4-13H,14H2,1-3H3,(H,28,29)(H3,25,27,30). The smallest absolute Gasteiger partial charge is 0.312 e. The Kier molecular flexibility index (Phi) is 5.33. The number of benzene rings is 2. The number of carbonyl (C=O) groups is 1. The number of hydrogen-bond acceptors (Lipinski definition) is 4. The second kappa shape index (κ2) is 8.10. The number of primary amides is 1. The van der Waals surface area contributed by atoms with Crippen molar-refractivity contribution >= 4 is 16.8 Å². The molecule has 0 unspecified atom stereocenters. The number of nitrogens with one attached hydrogen (secondary N) is 2. The predicted octanol–water partition coefficient (Wildman–Crippen LogP) is 4.25. The molecule has 4 aromatic rings. The molecule has 4 N–H and O–H groups in total. The van der Waals surface area contributed by atoms with Gasteiger partial charge in [-0.25, -0.2) is 9.78 Å². The SMILES string of the molecule is COc1ccc2cc(-c3nc(C(C)(C)CNC(N)=O)[nH]c3-c3ccncc3)ccc2c1. The van der Waals surface area contributed by atoms with Gasteiger partial charge in [0.25, 0.3) is 0 Å². The minimum Gasteiger partial charge on any atom is -0.497 e. The highest BCUT2D eigenvalue weighted by atomic mass is 16.5. The monoisotopic (exact) mass is 415 g/mol. The summed E-state index contributed by atoms with van der Waals surface area (Å²) in [7, 11) is 1.66. The van der Waals surface area contributed by atoms with Crippen molar-refractivity contribution in [2.45, 2.75) is 19.3 Å². The molecule has 7 nitrogen and oxygen atoms in total. The fourth-order valence-corrected chi connectivity index (χ4v) is 3.52. The number of aromatic nitrogens is 3. The predicted molar refractivity (Wildman–Crippen MR) is 122 cm³/mol. The molecule has 0 aliphatic rings. The number of amides is 2. The highest BCUT2D eigenvalue weighted by molar-refractivity contribution is 5.90. The highest BCUT2D eigenvalue weighted by Crippen LogP contribution is 2.35. The number of hydrogen-bond donors (Lipinski definition) is 3. The molecule has 0 aliphatic carbocycles. The Labute approximate surface area is 180 Å². The van der Waals surface area contributed by atoms with E-state index in [1.165, 1.54) is 0 Å². The fourth-order valence-electron chi connectivity index (χ4n) is 3.52. The van der Waals surface area contributed by atoms with Crippen LogP contribution in [-0.2, 0) is 5.41 Å². The number of imidazole rings is 1. The summed E-state index contributed by atoms with van der Waals surface area (Å²) in [4.78, 5) is 23.8. The molecule has 0 fully saturated rings. The second-order valence-corrected chi connectivity index (χ2v) is 8.07. The average Bonchev–Trinajstić information content (AvgIpc) is 3.24. The van der Waals surface area contributed by atoms with E-state index in [1.807, 2.05) is 44.2 Å². The molecule has 0 spiro atoms. The van der Waals surface area contributed by atoms with Crippen LogP contribution in [0.3, 0.4) is 0 Å². The summed E-state index contributed by atoms with van der Waals surface area (Å²) in [5.41, 5.74) is 8.54. The summed E-state index contributed by atoms with van der Waals surface area (Å²) >= 11 is 0. The Balaban J connectivity index is 1.83. The number of nitrogens with two attached hydrogens (primary N) is 1. The van der Waals surface area contributed by atoms with E-state index >= 15 is 0 Å². The molecule has 0 radical (unpaired) electrons. The number of ether oxygens (including phenoxy) is 1. The van der Waals surface area contributed by atoms with Crippen molar-refractivity contribution in [1.82, 2.24) is 20.3 Å². The summed E-state index contributed by atoms with van der Waals surface area (Å²) < 4.78 is 5.33. The molecular weight excluding hydrogens is 390 g/mol. The van der Waals surface area contributed by atoms with Crippen LogP contribution in [0.15, 0.2) is 60.9 Å². The normalized spacial score (nSPS) is 11.5. The first-order chi connectivity index (χ1) is 14.9. The van der Waals surface area contributed by atoms with Gasteiger partial charge in [-0.05, 0) is 41.1 Å². The average molecular weight is 415 g/mol. The first-order valence-electron chi connectivity index (χ1n) is 10.00. The van der Waals surface area contributed by atoms with E-state index in [0.29, 0.717) is 6.54 Å². The van der Waals surface area contributed by atoms with E-state index in [4.69, 9.17) is 15.5 Å². The fraction of sp³-hybridized carbons (Fsp3) is 0.208. The molecule has 0 bridgehead atoms. The summed E-state index contributed by atoms with van der Waals surface area (Å²) in [5, 5.41) is 4.87. The molecule has 31 heavy (non-hydrogen) atoms. The molecule has 2 aromatic carbocycles. The van der Waals surface area contributed by atoms with Gasteiger partial charge >= 0.3 is 6.03 Å². The molecule has 4 rings (SSSR count). The van der Waals surface area contributed by atoms with Gasteiger partial charge in [-0.3, -0.25) is 4.98 Å². The number of urea groups is 1. The van der Waals surface area contributed by atoms with E-state index < -0.39 is 11.4 Å². The zero-order valence-electron chi connectivity index (χ0n) is 17.8. The molecule has 0 atom stereocenters.